The van der Waals surface area contributed by atoms with Gasteiger partial charge in [0, 0.05) is 24.9 Å². The van der Waals surface area contributed by atoms with Crippen LogP contribution in [0.5, 0.6) is 11.5 Å². The summed E-state index contributed by atoms with van der Waals surface area (Å²) in [7, 11) is 4.16. The van der Waals surface area contributed by atoms with Gasteiger partial charge in [0.2, 0.25) is 11.3 Å². The number of pyridine rings is 1. The van der Waals surface area contributed by atoms with Gasteiger partial charge in [-0.25, -0.2) is 0 Å². The highest BCUT2D eigenvalue weighted by molar-refractivity contribution is 6.04. The fraction of sp³-hybridized carbons (Fsp3) is 0.280. The number of nitriles is 1. The summed E-state index contributed by atoms with van der Waals surface area (Å²) in [5, 5.41) is 12.0. The van der Waals surface area contributed by atoms with Gasteiger partial charge in [0.25, 0.3) is 5.69 Å². The Balaban J connectivity index is 1.96. The summed E-state index contributed by atoms with van der Waals surface area (Å²) in [5.74, 6) is 1.77. The molecule has 0 unspecified atom stereocenters. The fourth-order valence-corrected chi connectivity index (χ4v) is 4.65. The molecular weight excluding hydrogens is 358 g/mol. The van der Waals surface area contributed by atoms with Gasteiger partial charge in [0.05, 0.1) is 33.3 Å². The Morgan fingerprint density at radius 1 is 1.17 bits per heavy atom. The maximum atomic E-state index is 9.72. The first kappa shape index (κ1) is 17.8. The number of hydrogen-bond acceptors (Lipinski definition) is 2. The standard InChI is InChI=1S/C25H24N3O/c1-15-10-11-19-22-20(13-27(19)4)29-24-17(12-25(2,3)14-26)16-8-6-7-9-18(16)28(5)23(24)21(15)22/h6-11,13H,12H2,1-5H3/q+1. The van der Waals surface area contributed by atoms with Gasteiger partial charge in [-0.3, -0.25) is 0 Å². The molecule has 0 atom stereocenters. The number of para-hydroxylation sites is 1. The van der Waals surface area contributed by atoms with E-state index in [0.29, 0.717) is 6.42 Å². The van der Waals surface area contributed by atoms with Gasteiger partial charge < -0.3 is 9.30 Å². The molecule has 1 aliphatic rings. The Hall–Kier alpha value is -3.32. The normalized spacial score (nSPS) is 12.7. The molecule has 0 bridgehead atoms. The zero-order valence-corrected chi connectivity index (χ0v) is 17.5. The quantitative estimate of drug-likeness (QED) is 0.387. The van der Waals surface area contributed by atoms with Crippen LogP contribution in [0.15, 0.2) is 42.6 Å². The summed E-state index contributed by atoms with van der Waals surface area (Å²) in [4.78, 5) is 0. The largest absolute Gasteiger partial charge is 0.448 e. The van der Waals surface area contributed by atoms with E-state index < -0.39 is 5.41 Å². The van der Waals surface area contributed by atoms with E-state index in [1.807, 2.05) is 13.8 Å². The van der Waals surface area contributed by atoms with Crippen LogP contribution in [0.25, 0.3) is 33.1 Å². The lowest BCUT2D eigenvalue weighted by Crippen LogP contribution is -2.34. The van der Waals surface area contributed by atoms with E-state index in [4.69, 9.17) is 4.74 Å². The van der Waals surface area contributed by atoms with Crippen LogP contribution in [0.4, 0.5) is 0 Å². The predicted octanol–water partition coefficient (Wildman–Crippen LogP) is 5.33. The lowest BCUT2D eigenvalue weighted by molar-refractivity contribution is -0.633. The highest BCUT2D eigenvalue weighted by Gasteiger charge is 2.36. The number of rotatable bonds is 2. The Kier molecular flexibility index (Phi) is 3.58. The Morgan fingerprint density at radius 2 is 1.93 bits per heavy atom. The zero-order valence-electron chi connectivity index (χ0n) is 17.5. The predicted molar refractivity (Wildman–Crippen MR) is 115 cm³/mol. The van der Waals surface area contributed by atoms with Gasteiger partial charge in [-0.15, -0.1) is 0 Å². The number of hydrogen-bond donors (Lipinski definition) is 0. The molecule has 4 aromatic rings. The SMILES string of the molecule is Cc1ccc2c3c(cn2C)Oc2c(CC(C)(C)C#N)c4ccccc4[n+](C)c2-c13. The molecule has 2 aromatic carbocycles. The highest BCUT2D eigenvalue weighted by atomic mass is 16.5. The highest BCUT2D eigenvalue weighted by Crippen LogP contribution is 2.50. The van der Waals surface area contributed by atoms with Crippen LogP contribution >= 0.6 is 0 Å². The van der Waals surface area contributed by atoms with Crippen LogP contribution in [-0.4, -0.2) is 4.57 Å². The van der Waals surface area contributed by atoms with Crippen molar-refractivity contribution >= 4 is 21.8 Å². The monoisotopic (exact) mass is 382 g/mol. The summed E-state index contributed by atoms with van der Waals surface area (Å²) >= 11 is 0. The molecule has 1 aliphatic heterocycles. The summed E-state index contributed by atoms with van der Waals surface area (Å²) in [6.07, 6.45) is 2.69. The molecule has 0 amide bonds. The number of fused-ring (bicyclic) bond motifs is 3. The van der Waals surface area contributed by atoms with Crippen LogP contribution in [0.1, 0.15) is 25.0 Å². The Labute approximate surface area is 170 Å². The summed E-state index contributed by atoms with van der Waals surface area (Å²) in [6, 6.07) is 15.2. The summed E-state index contributed by atoms with van der Waals surface area (Å²) in [5.41, 5.74) is 6.47. The van der Waals surface area contributed by atoms with E-state index in [-0.39, 0.29) is 0 Å². The minimum atomic E-state index is -0.488. The average Bonchev–Trinajstić information content (AvgIpc) is 3.03. The number of benzene rings is 2. The van der Waals surface area contributed by atoms with Crippen molar-refractivity contribution in [1.82, 2.24) is 4.57 Å². The number of aromatic nitrogens is 2. The average molecular weight is 382 g/mol. The third kappa shape index (κ3) is 2.40. The number of ether oxygens (including phenoxy) is 1. The van der Waals surface area contributed by atoms with Crippen molar-refractivity contribution in [2.24, 2.45) is 19.5 Å². The van der Waals surface area contributed by atoms with Crippen molar-refractivity contribution < 1.29 is 9.30 Å². The van der Waals surface area contributed by atoms with Gasteiger partial charge in [-0.2, -0.15) is 9.83 Å². The van der Waals surface area contributed by atoms with Crippen LogP contribution in [0.2, 0.25) is 0 Å². The maximum Gasteiger partial charge on any atom is 0.257 e. The van der Waals surface area contributed by atoms with Crippen LogP contribution < -0.4 is 9.30 Å². The topological polar surface area (TPSA) is 41.8 Å². The lowest BCUT2D eigenvalue weighted by Gasteiger charge is -2.24. The molecule has 4 heteroatoms. The molecule has 144 valence electrons. The van der Waals surface area contributed by atoms with Crippen LogP contribution in [-0.2, 0) is 20.5 Å². The van der Waals surface area contributed by atoms with Crippen molar-refractivity contribution in [3.05, 3.63) is 53.7 Å². The third-order valence-electron chi connectivity index (χ3n) is 6.11. The molecule has 0 N–H and O–H groups in total. The van der Waals surface area contributed by atoms with Crippen molar-refractivity contribution in [2.45, 2.75) is 27.2 Å². The van der Waals surface area contributed by atoms with Crippen LogP contribution in [0, 0.1) is 23.7 Å². The van der Waals surface area contributed by atoms with Crippen molar-refractivity contribution in [1.29, 1.82) is 5.26 Å². The maximum absolute atomic E-state index is 9.72. The molecule has 0 saturated heterocycles. The second kappa shape index (κ2) is 5.84. The molecule has 0 radical (unpaired) electrons. The van der Waals surface area contributed by atoms with E-state index in [0.717, 1.165) is 39.0 Å². The second-order valence-corrected chi connectivity index (χ2v) is 8.76. The fourth-order valence-electron chi connectivity index (χ4n) is 4.65. The smallest absolute Gasteiger partial charge is 0.257 e. The minimum absolute atomic E-state index is 0.488. The van der Waals surface area contributed by atoms with Gasteiger partial charge >= 0.3 is 0 Å². The molecule has 0 spiro atoms. The number of nitrogens with zero attached hydrogens (tertiary/aromatic N) is 3. The first-order valence-electron chi connectivity index (χ1n) is 9.94. The van der Waals surface area contributed by atoms with Gasteiger partial charge in [0.15, 0.2) is 5.75 Å². The van der Waals surface area contributed by atoms with E-state index in [1.165, 1.54) is 16.6 Å². The summed E-state index contributed by atoms with van der Waals surface area (Å²) in [6.45, 7) is 6.14. The molecular formula is C25H24N3O+. The van der Waals surface area contributed by atoms with Gasteiger partial charge in [-0.1, -0.05) is 18.2 Å². The van der Waals surface area contributed by atoms with Gasteiger partial charge in [0.1, 0.15) is 7.05 Å². The van der Waals surface area contributed by atoms with Crippen LogP contribution in [0.3, 0.4) is 0 Å². The molecule has 2 aromatic heterocycles. The molecule has 5 rings (SSSR count). The molecule has 0 saturated carbocycles. The second-order valence-electron chi connectivity index (χ2n) is 8.76. The molecule has 29 heavy (non-hydrogen) atoms. The summed E-state index contributed by atoms with van der Waals surface area (Å²) < 4.78 is 10.9. The van der Waals surface area contributed by atoms with Crippen molar-refractivity contribution in [3.63, 3.8) is 0 Å². The van der Waals surface area contributed by atoms with E-state index in [2.05, 4.69) is 78.8 Å². The number of aryl methyl sites for hydroxylation is 3. The first-order valence-corrected chi connectivity index (χ1v) is 9.94. The molecule has 3 heterocycles. The lowest BCUT2D eigenvalue weighted by atomic mass is 9.84. The molecule has 0 fully saturated rings. The van der Waals surface area contributed by atoms with Crippen molar-refractivity contribution in [3.8, 4) is 28.8 Å². The molecule has 0 aliphatic carbocycles. The first-order chi connectivity index (χ1) is 13.8. The Morgan fingerprint density at radius 3 is 2.69 bits per heavy atom. The van der Waals surface area contributed by atoms with Gasteiger partial charge in [-0.05, 0) is 44.9 Å². The zero-order chi connectivity index (χ0) is 20.5. The van der Waals surface area contributed by atoms with E-state index in [1.54, 1.807) is 0 Å². The minimum Gasteiger partial charge on any atom is -0.448 e. The third-order valence-corrected chi connectivity index (χ3v) is 6.11. The van der Waals surface area contributed by atoms with E-state index >= 15 is 0 Å². The van der Waals surface area contributed by atoms with E-state index in [9.17, 15) is 5.26 Å². The Bertz CT molecular complexity index is 1370. The van der Waals surface area contributed by atoms with Crippen molar-refractivity contribution in [2.75, 3.05) is 0 Å². The molecule has 4 nitrogen and oxygen atoms in total.